The molecule has 1 aromatic heterocycles. The summed E-state index contributed by atoms with van der Waals surface area (Å²) in [5.74, 6) is 0.658. The summed E-state index contributed by atoms with van der Waals surface area (Å²) in [6.07, 6.45) is 0. The number of hydrogen-bond acceptors (Lipinski definition) is 3. The summed E-state index contributed by atoms with van der Waals surface area (Å²) in [7, 11) is 1.98. The van der Waals surface area contributed by atoms with Gasteiger partial charge in [-0.25, -0.2) is 4.39 Å². The largest absolute Gasteiger partial charge is 0.361 e. The SMILES string of the molecule is Cc1noc(C)c1CN(C)[C@@H](C)c1ccccc1F. The van der Waals surface area contributed by atoms with Crippen molar-refractivity contribution in [1.29, 1.82) is 0 Å². The first-order valence-corrected chi connectivity index (χ1v) is 6.37. The van der Waals surface area contributed by atoms with Gasteiger partial charge in [0.05, 0.1) is 5.69 Å². The van der Waals surface area contributed by atoms with E-state index >= 15 is 0 Å². The van der Waals surface area contributed by atoms with Crippen LogP contribution in [0.4, 0.5) is 4.39 Å². The molecule has 0 spiro atoms. The van der Waals surface area contributed by atoms with Crippen LogP contribution in [-0.4, -0.2) is 17.1 Å². The molecule has 2 rings (SSSR count). The molecule has 0 saturated heterocycles. The van der Waals surface area contributed by atoms with E-state index < -0.39 is 0 Å². The van der Waals surface area contributed by atoms with Crippen LogP contribution in [0.25, 0.3) is 0 Å². The smallest absolute Gasteiger partial charge is 0.138 e. The van der Waals surface area contributed by atoms with Crippen LogP contribution in [0.1, 0.15) is 35.5 Å². The van der Waals surface area contributed by atoms with E-state index in [4.69, 9.17) is 4.52 Å². The maximum Gasteiger partial charge on any atom is 0.138 e. The van der Waals surface area contributed by atoms with Crippen molar-refractivity contribution < 1.29 is 8.91 Å². The van der Waals surface area contributed by atoms with Crippen molar-refractivity contribution >= 4 is 0 Å². The number of aryl methyl sites for hydroxylation is 2. The summed E-state index contributed by atoms with van der Waals surface area (Å²) >= 11 is 0. The molecule has 0 aliphatic carbocycles. The Morgan fingerprint density at radius 3 is 2.58 bits per heavy atom. The first-order valence-electron chi connectivity index (χ1n) is 6.37. The van der Waals surface area contributed by atoms with Gasteiger partial charge in [-0.2, -0.15) is 0 Å². The van der Waals surface area contributed by atoms with Crippen molar-refractivity contribution in [2.45, 2.75) is 33.4 Å². The summed E-state index contributed by atoms with van der Waals surface area (Å²) < 4.78 is 18.9. The summed E-state index contributed by atoms with van der Waals surface area (Å²) in [5, 5.41) is 3.94. The summed E-state index contributed by atoms with van der Waals surface area (Å²) in [5.41, 5.74) is 2.67. The van der Waals surface area contributed by atoms with E-state index in [0.717, 1.165) is 17.0 Å². The van der Waals surface area contributed by atoms with Gasteiger partial charge >= 0.3 is 0 Å². The van der Waals surface area contributed by atoms with Gasteiger partial charge in [0.2, 0.25) is 0 Å². The highest BCUT2D eigenvalue weighted by Gasteiger charge is 2.18. The highest BCUT2D eigenvalue weighted by molar-refractivity contribution is 5.23. The van der Waals surface area contributed by atoms with Crippen molar-refractivity contribution in [2.24, 2.45) is 0 Å². The molecule has 102 valence electrons. The molecular formula is C15H19FN2O. The second-order valence-corrected chi connectivity index (χ2v) is 4.92. The summed E-state index contributed by atoms with van der Waals surface area (Å²) in [6.45, 7) is 6.51. The van der Waals surface area contributed by atoms with Crippen LogP contribution < -0.4 is 0 Å². The quantitative estimate of drug-likeness (QED) is 0.842. The van der Waals surface area contributed by atoms with Crippen LogP contribution in [-0.2, 0) is 6.54 Å². The molecule has 1 heterocycles. The lowest BCUT2D eigenvalue weighted by atomic mass is 10.1. The van der Waals surface area contributed by atoms with Crippen LogP contribution in [0, 0.1) is 19.7 Å². The Kier molecular flexibility index (Phi) is 4.00. The molecule has 0 bridgehead atoms. The van der Waals surface area contributed by atoms with Crippen LogP contribution in [0.2, 0.25) is 0 Å². The van der Waals surface area contributed by atoms with E-state index in [1.807, 2.05) is 40.0 Å². The molecule has 0 radical (unpaired) electrons. The first kappa shape index (κ1) is 13.7. The average Bonchev–Trinajstić information content (AvgIpc) is 2.70. The predicted molar refractivity (Wildman–Crippen MR) is 72.3 cm³/mol. The molecule has 1 aromatic carbocycles. The number of rotatable bonds is 4. The van der Waals surface area contributed by atoms with Gasteiger partial charge in [0.1, 0.15) is 11.6 Å². The fourth-order valence-corrected chi connectivity index (χ4v) is 2.17. The Labute approximate surface area is 113 Å². The minimum absolute atomic E-state index is 0.00472. The van der Waals surface area contributed by atoms with Crippen molar-refractivity contribution in [3.63, 3.8) is 0 Å². The Hall–Kier alpha value is -1.68. The van der Waals surface area contributed by atoms with E-state index in [1.165, 1.54) is 6.07 Å². The Balaban J connectivity index is 2.17. The van der Waals surface area contributed by atoms with Crippen LogP contribution >= 0.6 is 0 Å². The predicted octanol–water partition coefficient (Wildman–Crippen LogP) is 3.62. The standard InChI is InChI=1S/C15H19FN2O/c1-10-14(12(3)19-17-10)9-18(4)11(2)13-7-5-6-8-15(13)16/h5-8,11H,9H2,1-4H3/t11-/m0/s1. The van der Waals surface area contributed by atoms with E-state index in [-0.39, 0.29) is 11.9 Å². The van der Waals surface area contributed by atoms with Gasteiger partial charge in [-0.3, -0.25) is 4.90 Å². The molecule has 0 aliphatic heterocycles. The third kappa shape index (κ3) is 2.84. The fraction of sp³-hybridized carbons (Fsp3) is 0.400. The van der Waals surface area contributed by atoms with Crippen LogP contribution in [0.5, 0.6) is 0 Å². The molecule has 19 heavy (non-hydrogen) atoms. The van der Waals surface area contributed by atoms with Gasteiger partial charge in [0.15, 0.2) is 0 Å². The van der Waals surface area contributed by atoms with Gasteiger partial charge < -0.3 is 4.52 Å². The first-order chi connectivity index (χ1) is 9.00. The lowest BCUT2D eigenvalue weighted by molar-refractivity contribution is 0.246. The second-order valence-electron chi connectivity index (χ2n) is 4.92. The van der Waals surface area contributed by atoms with Crippen molar-refractivity contribution in [2.75, 3.05) is 7.05 Å². The molecule has 0 fully saturated rings. The van der Waals surface area contributed by atoms with Gasteiger partial charge in [-0.05, 0) is 33.9 Å². The zero-order valence-corrected chi connectivity index (χ0v) is 11.8. The van der Waals surface area contributed by atoms with Gasteiger partial charge in [-0.15, -0.1) is 0 Å². The highest BCUT2D eigenvalue weighted by Crippen LogP contribution is 2.24. The number of hydrogen-bond donors (Lipinski definition) is 0. The molecule has 0 amide bonds. The van der Waals surface area contributed by atoms with Crippen molar-refractivity contribution in [1.82, 2.24) is 10.1 Å². The van der Waals surface area contributed by atoms with Crippen LogP contribution in [0.3, 0.4) is 0 Å². The Bertz CT molecular complexity index is 546. The molecule has 4 heteroatoms. The maximum atomic E-state index is 13.8. The van der Waals surface area contributed by atoms with Gasteiger partial charge in [0.25, 0.3) is 0 Å². The van der Waals surface area contributed by atoms with E-state index in [9.17, 15) is 4.39 Å². The monoisotopic (exact) mass is 262 g/mol. The molecule has 0 aliphatic rings. The zero-order valence-electron chi connectivity index (χ0n) is 11.8. The van der Waals surface area contributed by atoms with Crippen molar-refractivity contribution in [3.05, 3.63) is 52.7 Å². The molecule has 2 aromatic rings. The van der Waals surface area contributed by atoms with E-state index in [1.54, 1.807) is 6.07 Å². The molecule has 0 saturated carbocycles. The van der Waals surface area contributed by atoms with Gasteiger partial charge in [0, 0.05) is 23.7 Å². The summed E-state index contributed by atoms with van der Waals surface area (Å²) in [4.78, 5) is 2.09. The second kappa shape index (κ2) is 5.53. The molecule has 3 nitrogen and oxygen atoms in total. The Morgan fingerprint density at radius 1 is 1.32 bits per heavy atom. The minimum atomic E-state index is -0.166. The number of benzene rings is 1. The third-order valence-electron chi connectivity index (χ3n) is 3.61. The lowest BCUT2D eigenvalue weighted by Crippen LogP contribution is -2.23. The molecule has 0 N–H and O–H groups in total. The molecular weight excluding hydrogens is 243 g/mol. The molecule has 0 unspecified atom stereocenters. The summed E-state index contributed by atoms with van der Waals surface area (Å²) in [6, 6.07) is 6.88. The zero-order chi connectivity index (χ0) is 14.0. The Morgan fingerprint density at radius 2 is 2.00 bits per heavy atom. The fourth-order valence-electron chi connectivity index (χ4n) is 2.17. The highest BCUT2D eigenvalue weighted by atomic mass is 19.1. The normalized spacial score (nSPS) is 12.9. The molecule has 1 atom stereocenters. The van der Waals surface area contributed by atoms with E-state index in [2.05, 4.69) is 10.1 Å². The minimum Gasteiger partial charge on any atom is -0.361 e. The number of aromatic nitrogens is 1. The van der Waals surface area contributed by atoms with E-state index in [0.29, 0.717) is 12.1 Å². The average molecular weight is 262 g/mol. The van der Waals surface area contributed by atoms with Gasteiger partial charge in [-0.1, -0.05) is 23.4 Å². The third-order valence-corrected chi connectivity index (χ3v) is 3.61. The van der Waals surface area contributed by atoms with Crippen LogP contribution in [0.15, 0.2) is 28.8 Å². The number of halogens is 1. The lowest BCUT2D eigenvalue weighted by Gasteiger charge is -2.25. The topological polar surface area (TPSA) is 29.3 Å². The maximum absolute atomic E-state index is 13.8. The number of nitrogens with zero attached hydrogens (tertiary/aromatic N) is 2. The van der Waals surface area contributed by atoms with Crippen molar-refractivity contribution in [3.8, 4) is 0 Å².